The van der Waals surface area contributed by atoms with Crippen molar-refractivity contribution in [2.45, 2.75) is 0 Å². The van der Waals surface area contributed by atoms with Crippen molar-refractivity contribution in [3.05, 3.63) is 47.4 Å². The van der Waals surface area contributed by atoms with E-state index in [1.54, 1.807) is 0 Å². The van der Waals surface area contributed by atoms with Gasteiger partial charge in [0.25, 0.3) is 0 Å². The summed E-state index contributed by atoms with van der Waals surface area (Å²) in [5.74, 6) is -1.05. The number of hydrogen-bond donors (Lipinski definition) is 1. The van der Waals surface area contributed by atoms with Crippen LogP contribution in [0.4, 0.5) is 20.3 Å². The molecule has 0 saturated carbocycles. The van der Waals surface area contributed by atoms with Gasteiger partial charge in [-0.3, -0.25) is 0 Å². The van der Waals surface area contributed by atoms with Gasteiger partial charge in [-0.05, 0) is 35.9 Å². The number of halogens is 3. The van der Waals surface area contributed by atoms with E-state index in [4.69, 9.17) is 11.6 Å². The molecule has 0 aliphatic carbocycles. The smallest absolute Gasteiger partial charge is 0.224 e. The minimum Gasteiger partial charge on any atom is -0.338 e. The van der Waals surface area contributed by atoms with Crippen LogP contribution in [0.1, 0.15) is 0 Å². The van der Waals surface area contributed by atoms with E-state index in [-0.39, 0.29) is 16.9 Å². The van der Waals surface area contributed by atoms with Gasteiger partial charge in [0.15, 0.2) is 11.6 Å². The predicted octanol–water partition coefficient (Wildman–Crippen LogP) is 3.15. The maximum atomic E-state index is 13.2. The SMILES string of the molecule is Fc1ccc(Nc2nc(Cl)ncc2F)cc1. The molecule has 0 amide bonds. The van der Waals surface area contributed by atoms with Gasteiger partial charge in [0.05, 0.1) is 6.20 Å². The molecule has 0 radical (unpaired) electrons. The Morgan fingerprint density at radius 3 is 2.50 bits per heavy atom. The molecule has 2 rings (SSSR count). The summed E-state index contributed by atoms with van der Waals surface area (Å²) in [6.45, 7) is 0. The minimum atomic E-state index is -0.631. The van der Waals surface area contributed by atoms with Crippen molar-refractivity contribution in [2.24, 2.45) is 0 Å². The van der Waals surface area contributed by atoms with Crippen LogP contribution < -0.4 is 5.32 Å². The first kappa shape index (κ1) is 10.8. The summed E-state index contributed by atoms with van der Waals surface area (Å²) in [5.41, 5.74) is 0.509. The fourth-order valence-electron chi connectivity index (χ4n) is 1.10. The van der Waals surface area contributed by atoms with Crippen LogP contribution >= 0.6 is 11.6 Å². The van der Waals surface area contributed by atoms with Gasteiger partial charge >= 0.3 is 0 Å². The zero-order chi connectivity index (χ0) is 11.5. The molecule has 0 spiro atoms. The van der Waals surface area contributed by atoms with Crippen molar-refractivity contribution in [3.63, 3.8) is 0 Å². The molecule has 82 valence electrons. The van der Waals surface area contributed by atoms with Gasteiger partial charge in [-0.25, -0.2) is 13.8 Å². The molecule has 0 unspecified atom stereocenters. The highest BCUT2D eigenvalue weighted by Crippen LogP contribution is 2.18. The van der Waals surface area contributed by atoms with Crippen LogP contribution in [0.2, 0.25) is 5.28 Å². The third-order valence-electron chi connectivity index (χ3n) is 1.82. The Morgan fingerprint density at radius 1 is 1.12 bits per heavy atom. The van der Waals surface area contributed by atoms with Crippen LogP contribution in [0, 0.1) is 11.6 Å². The van der Waals surface area contributed by atoms with E-state index in [1.807, 2.05) is 0 Å². The largest absolute Gasteiger partial charge is 0.338 e. The van der Waals surface area contributed by atoms with Crippen molar-refractivity contribution in [3.8, 4) is 0 Å². The third-order valence-corrected chi connectivity index (χ3v) is 2.00. The first-order valence-electron chi connectivity index (χ1n) is 4.36. The van der Waals surface area contributed by atoms with Crippen LogP contribution in [0.15, 0.2) is 30.5 Å². The van der Waals surface area contributed by atoms with Crippen LogP contribution in [0.3, 0.4) is 0 Å². The summed E-state index contributed by atoms with van der Waals surface area (Å²) < 4.78 is 25.8. The Morgan fingerprint density at radius 2 is 1.81 bits per heavy atom. The van der Waals surface area contributed by atoms with Crippen molar-refractivity contribution >= 4 is 23.1 Å². The molecule has 3 nitrogen and oxygen atoms in total. The molecule has 0 aliphatic rings. The molecule has 0 saturated heterocycles. The molecule has 1 heterocycles. The summed E-state index contributed by atoms with van der Waals surface area (Å²) in [4.78, 5) is 7.14. The maximum absolute atomic E-state index is 13.2. The van der Waals surface area contributed by atoms with Crippen LogP contribution in [-0.2, 0) is 0 Å². The number of aromatic nitrogens is 2. The summed E-state index contributed by atoms with van der Waals surface area (Å²) in [6, 6.07) is 5.43. The monoisotopic (exact) mass is 241 g/mol. The molecule has 1 aromatic carbocycles. The Bertz CT molecular complexity index is 502. The zero-order valence-electron chi connectivity index (χ0n) is 7.92. The lowest BCUT2D eigenvalue weighted by atomic mass is 10.3. The topological polar surface area (TPSA) is 37.8 Å². The van der Waals surface area contributed by atoms with Crippen LogP contribution in [0.25, 0.3) is 0 Å². The first-order chi connectivity index (χ1) is 7.65. The van der Waals surface area contributed by atoms with Crippen molar-refractivity contribution in [1.29, 1.82) is 0 Å². The van der Waals surface area contributed by atoms with Crippen molar-refractivity contribution in [1.82, 2.24) is 9.97 Å². The Hall–Kier alpha value is -1.75. The molecule has 0 aliphatic heterocycles. The first-order valence-corrected chi connectivity index (χ1v) is 4.73. The Labute approximate surface area is 95.1 Å². The van der Waals surface area contributed by atoms with Crippen LogP contribution in [0.5, 0.6) is 0 Å². The van der Waals surface area contributed by atoms with Gasteiger partial charge in [-0.15, -0.1) is 0 Å². The fraction of sp³-hybridized carbons (Fsp3) is 0. The van der Waals surface area contributed by atoms with Gasteiger partial charge in [0.2, 0.25) is 5.28 Å². The lowest BCUT2D eigenvalue weighted by Crippen LogP contribution is -1.98. The van der Waals surface area contributed by atoms with E-state index in [1.165, 1.54) is 24.3 Å². The molecular formula is C10H6ClF2N3. The van der Waals surface area contributed by atoms with Gasteiger partial charge in [0, 0.05) is 5.69 Å². The van der Waals surface area contributed by atoms with E-state index in [0.29, 0.717) is 5.69 Å². The van der Waals surface area contributed by atoms with Gasteiger partial charge in [0.1, 0.15) is 5.82 Å². The standard InChI is InChI=1S/C10H6ClF2N3/c11-10-14-5-8(13)9(16-10)15-7-3-1-6(12)2-4-7/h1-5H,(H,14,15,16). The fourth-order valence-corrected chi connectivity index (χ4v) is 1.24. The second kappa shape index (κ2) is 4.40. The van der Waals surface area contributed by atoms with Gasteiger partial charge in [-0.1, -0.05) is 0 Å². The number of benzene rings is 1. The van der Waals surface area contributed by atoms with Crippen molar-refractivity contribution < 1.29 is 8.78 Å². The molecule has 1 aromatic heterocycles. The number of nitrogens with zero attached hydrogens (tertiary/aromatic N) is 2. The lowest BCUT2D eigenvalue weighted by molar-refractivity contribution is 0.618. The number of rotatable bonds is 2. The molecule has 0 fully saturated rings. The highest BCUT2D eigenvalue weighted by atomic mass is 35.5. The zero-order valence-corrected chi connectivity index (χ0v) is 8.67. The molecule has 16 heavy (non-hydrogen) atoms. The molecule has 0 atom stereocenters. The number of anilines is 2. The Kier molecular flexibility index (Phi) is 2.96. The van der Waals surface area contributed by atoms with E-state index in [2.05, 4.69) is 15.3 Å². The molecule has 2 aromatic rings. The lowest BCUT2D eigenvalue weighted by Gasteiger charge is -2.05. The van der Waals surface area contributed by atoms with E-state index in [9.17, 15) is 8.78 Å². The van der Waals surface area contributed by atoms with E-state index in [0.717, 1.165) is 6.20 Å². The summed E-state index contributed by atoms with van der Waals surface area (Å²) in [7, 11) is 0. The summed E-state index contributed by atoms with van der Waals surface area (Å²) in [5, 5.41) is 2.60. The van der Waals surface area contributed by atoms with Crippen molar-refractivity contribution in [2.75, 3.05) is 5.32 Å². The summed E-state index contributed by atoms with van der Waals surface area (Å²) in [6.07, 6.45) is 0.960. The normalized spacial score (nSPS) is 10.2. The maximum Gasteiger partial charge on any atom is 0.224 e. The Balaban J connectivity index is 2.26. The van der Waals surface area contributed by atoms with Gasteiger partial charge < -0.3 is 5.32 Å². The number of hydrogen-bond acceptors (Lipinski definition) is 3. The van der Waals surface area contributed by atoms with E-state index >= 15 is 0 Å². The third kappa shape index (κ3) is 2.43. The average Bonchev–Trinajstić information content (AvgIpc) is 2.27. The molecule has 0 bridgehead atoms. The molecule has 6 heteroatoms. The second-order valence-corrected chi connectivity index (χ2v) is 3.31. The molecule has 1 N–H and O–H groups in total. The average molecular weight is 242 g/mol. The van der Waals surface area contributed by atoms with Gasteiger partial charge in [-0.2, -0.15) is 4.98 Å². The summed E-state index contributed by atoms with van der Waals surface area (Å²) >= 11 is 5.52. The highest BCUT2D eigenvalue weighted by molar-refractivity contribution is 6.28. The van der Waals surface area contributed by atoms with E-state index < -0.39 is 5.82 Å². The molecular weight excluding hydrogens is 236 g/mol. The quantitative estimate of drug-likeness (QED) is 0.821. The predicted molar refractivity (Wildman–Crippen MR) is 56.7 cm³/mol. The second-order valence-electron chi connectivity index (χ2n) is 2.97. The van der Waals surface area contributed by atoms with Crippen LogP contribution in [-0.4, -0.2) is 9.97 Å². The minimum absolute atomic E-state index is 0.0494. The highest BCUT2D eigenvalue weighted by Gasteiger charge is 2.05. The number of nitrogens with one attached hydrogen (secondary N) is 1.